The highest BCUT2D eigenvalue weighted by molar-refractivity contribution is 7.90. The maximum absolute atomic E-state index is 11.5. The van der Waals surface area contributed by atoms with Gasteiger partial charge in [-0.1, -0.05) is 0 Å². The van der Waals surface area contributed by atoms with Gasteiger partial charge in [-0.15, -0.1) is 0 Å². The second-order valence-corrected chi connectivity index (χ2v) is 6.03. The second kappa shape index (κ2) is 5.46. The molecule has 1 fully saturated rings. The van der Waals surface area contributed by atoms with Gasteiger partial charge in [0.2, 0.25) is 5.91 Å². The molecule has 5 nitrogen and oxygen atoms in total. The predicted octanol–water partition coefficient (Wildman–Crippen LogP) is 0.365. The molecule has 88 valence electrons. The Balaban J connectivity index is 2.38. The lowest BCUT2D eigenvalue weighted by Crippen LogP contribution is -2.32. The highest BCUT2D eigenvalue weighted by Crippen LogP contribution is 2.08. The molecule has 6 heteroatoms. The maximum Gasteiger partial charge on any atom is 0.247 e. The van der Waals surface area contributed by atoms with Gasteiger partial charge in [0.05, 0.1) is 12.4 Å². The monoisotopic (exact) mass is 235 g/mol. The van der Waals surface area contributed by atoms with Crippen LogP contribution < -0.4 is 0 Å². The Bertz CT molecular complexity index is 304. The number of carbonyl (C=O) groups excluding carboxylic acids is 1. The molecule has 0 bridgehead atoms. The summed E-state index contributed by atoms with van der Waals surface area (Å²) in [6.45, 7) is 1.12. The van der Waals surface area contributed by atoms with E-state index in [0.717, 1.165) is 25.5 Å². The van der Waals surface area contributed by atoms with Gasteiger partial charge < -0.3 is 0 Å². The average molecular weight is 235 g/mol. The van der Waals surface area contributed by atoms with Crippen LogP contribution in [0.2, 0.25) is 0 Å². The molecule has 0 N–H and O–H groups in total. The molecule has 0 unspecified atom stereocenters. The van der Waals surface area contributed by atoms with Crippen molar-refractivity contribution >= 4 is 15.7 Å². The van der Waals surface area contributed by atoms with E-state index in [4.69, 9.17) is 4.84 Å². The van der Waals surface area contributed by atoms with Crippen LogP contribution in [-0.2, 0) is 19.5 Å². The van der Waals surface area contributed by atoms with Gasteiger partial charge in [0.25, 0.3) is 0 Å². The fraction of sp³-hybridized carbons (Fsp3) is 0.889. The van der Waals surface area contributed by atoms with E-state index in [2.05, 4.69) is 0 Å². The molecular formula is C9H17NO4S. The van der Waals surface area contributed by atoms with Crippen molar-refractivity contribution in [3.8, 4) is 0 Å². The molecule has 1 saturated heterocycles. The molecular weight excluding hydrogens is 218 g/mol. The fourth-order valence-corrected chi connectivity index (χ4v) is 1.91. The van der Waals surface area contributed by atoms with Gasteiger partial charge in [0, 0.05) is 19.2 Å². The molecule has 0 aliphatic carbocycles. The molecule has 0 aromatic carbocycles. The summed E-state index contributed by atoms with van der Waals surface area (Å²) in [5.74, 6) is -0.339. The van der Waals surface area contributed by atoms with Gasteiger partial charge in [0.1, 0.15) is 9.84 Å². The molecule has 1 heterocycles. The van der Waals surface area contributed by atoms with Gasteiger partial charge >= 0.3 is 0 Å². The smallest absolute Gasteiger partial charge is 0.247 e. The molecule has 0 atom stereocenters. The molecule has 1 amide bonds. The topological polar surface area (TPSA) is 63.7 Å². The van der Waals surface area contributed by atoms with Gasteiger partial charge in [0.15, 0.2) is 0 Å². The summed E-state index contributed by atoms with van der Waals surface area (Å²) < 4.78 is 21.7. The van der Waals surface area contributed by atoms with Crippen LogP contribution in [-0.4, -0.2) is 44.5 Å². The Hall–Kier alpha value is -0.620. The normalized spacial score (nSPS) is 18.6. The van der Waals surface area contributed by atoms with Gasteiger partial charge in [-0.25, -0.2) is 13.5 Å². The molecule has 0 saturated carbocycles. The van der Waals surface area contributed by atoms with Crippen LogP contribution in [0.4, 0.5) is 0 Å². The standard InChI is InChI=1S/C9H17NO4S/c1-15(12,13)8-5-9(11)10-6-3-2-4-7-14-10/h2-8H2,1H3. The second-order valence-electron chi connectivity index (χ2n) is 3.77. The zero-order valence-corrected chi connectivity index (χ0v) is 9.75. The number of nitrogens with zero attached hydrogens (tertiary/aromatic N) is 1. The molecule has 0 aromatic heterocycles. The van der Waals surface area contributed by atoms with E-state index < -0.39 is 9.84 Å². The first kappa shape index (κ1) is 12.4. The highest BCUT2D eigenvalue weighted by Gasteiger charge is 2.17. The van der Waals surface area contributed by atoms with Gasteiger partial charge in [-0.05, 0) is 19.3 Å². The first-order chi connectivity index (χ1) is 6.99. The minimum absolute atomic E-state index is 0.0127. The third-order valence-corrected chi connectivity index (χ3v) is 3.16. The molecule has 0 radical (unpaired) electrons. The zero-order chi connectivity index (χ0) is 11.3. The lowest BCUT2D eigenvalue weighted by Gasteiger charge is -2.18. The Morgan fingerprint density at radius 3 is 2.73 bits per heavy atom. The van der Waals surface area contributed by atoms with Crippen molar-refractivity contribution in [2.24, 2.45) is 0 Å². The van der Waals surface area contributed by atoms with Crippen molar-refractivity contribution in [2.75, 3.05) is 25.2 Å². The Labute approximate surface area is 90.3 Å². The average Bonchev–Trinajstić information content (AvgIpc) is 2.41. The Morgan fingerprint density at radius 2 is 2.07 bits per heavy atom. The molecule has 1 aliphatic rings. The van der Waals surface area contributed by atoms with Crippen LogP contribution in [0.3, 0.4) is 0 Å². The minimum atomic E-state index is -3.07. The van der Waals surface area contributed by atoms with E-state index in [1.165, 1.54) is 5.06 Å². The molecule has 0 spiro atoms. The third kappa shape index (κ3) is 5.13. The molecule has 15 heavy (non-hydrogen) atoms. The Kier molecular flexibility index (Phi) is 4.53. The van der Waals surface area contributed by atoms with Crippen LogP contribution in [0.25, 0.3) is 0 Å². The number of rotatable bonds is 3. The van der Waals surface area contributed by atoms with Crippen LogP contribution >= 0.6 is 0 Å². The van der Waals surface area contributed by atoms with E-state index in [1.54, 1.807) is 0 Å². The minimum Gasteiger partial charge on any atom is -0.273 e. The van der Waals surface area contributed by atoms with Crippen molar-refractivity contribution in [1.82, 2.24) is 5.06 Å². The summed E-state index contributed by atoms with van der Waals surface area (Å²) in [6.07, 6.45) is 4.07. The van der Waals surface area contributed by atoms with Crippen LogP contribution in [0.1, 0.15) is 25.7 Å². The number of hydroxylamine groups is 2. The SMILES string of the molecule is CS(=O)(=O)CCC(=O)N1CCCCCO1. The number of carbonyl (C=O) groups is 1. The molecule has 1 rings (SSSR count). The maximum atomic E-state index is 11.5. The van der Waals surface area contributed by atoms with Crippen molar-refractivity contribution in [2.45, 2.75) is 25.7 Å². The summed E-state index contributed by atoms with van der Waals surface area (Å²) in [5, 5.41) is 1.30. The highest BCUT2D eigenvalue weighted by atomic mass is 32.2. The van der Waals surface area contributed by atoms with Crippen LogP contribution in [0, 0.1) is 0 Å². The van der Waals surface area contributed by atoms with E-state index in [9.17, 15) is 13.2 Å². The summed E-state index contributed by atoms with van der Waals surface area (Å²) in [4.78, 5) is 16.8. The summed E-state index contributed by atoms with van der Waals surface area (Å²) >= 11 is 0. The van der Waals surface area contributed by atoms with Gasteiger partial charge in [-0.3, -0.25) is 9.63 Å². The van der Waals surface area contributed by atoms with Crippen molar-refractivity contribution in [3.05, 3.63) is 0 Å². The predicted molar refractivity (Wildman–Crippen MR) is 55.8 cm³/mol. The first-order valence-corrected chi connectivity index (χ1v) is 7.16. The lowest BCUT2D eigenvalue weighted by atomic mass is 10.2. The quantitative estimate of drug-likeness (QED) is 0.708. The van der Waals surface area contributed by atoms with E-state index in [-0.39, 0.29) is 18.1 Å². The fourth-order valence-electron chi connectivity index (χ4n) is 1.37. The third-order valence-electron chi connectivity index (χ3n) is 2.22. The van der Waals surface area contributed by atoms with Crippen LogP contribution in [0.5, 0.6) is 0 Å². The van der Waals surface area contributed by atoms with Crippen LogP contribution in [0.15, 0.2) is 0 Å². The summed E-state index contributed by atoms with van der Waals surface area (Å²) in [6, 6.07) is 0. The largest absolute Gasteiger partial charge is 0.273 e. The van der Waals surface area contributed by atoms with Gasteiger partial charge in [-0.2, -0.15) is 0 Å². The van der Waals surface area contributed by atoms with E-state index in [1.807, 2.05) is 0 Å². The van der Waals surface area contributed by atoms with Crippen molar-refractivity contribution < 1.29 is 18.0 Å². The Morgan fingerprint density at radius 1 is 1.33 bits per heavy atom. The first-order valence-electron chi connectivity index (χ1n) is 5.10. The van der Waals surface area contributed by atoms with Crippen molar-refractivity contribution in [3.63, 3.8) is 0 Å². The number of hydrogen-bond acceptors (Lipinski definition) is 4. The zero-order valence-electron chi connectivity index (χ0n) is 8.94. The number of sulfone groups is 1. The molecule has 1 aliphatic heterocycles. The summed E-state index contributed by atoms with van der Waals surface area (Å²) in [5.41, 5.74) is 0. The molecule has 0 aromatic rings. The number of amides is 1. The lowest BCUT2D eigenvalue weighted by molar-refractivity contribution is -0.183. The number of hydrogen-bond donors (Lipinski definition) is 0. The summed E-state index contributed by atoms with van der Waals surface area (Å²) in [7, 11) is -3.07. The van der Waals surface area contributed by atoms with E-state index in [0.29, 0.717) is 13.2 Å². The van der Waals surface area contributed by atoms with E-state index >= 15 is 0 Å². The van der Waals surface area contributed by atoms with Crippen molar-refractivity contribution in [1.29, 1.82) is 0 Å².